The number of hydrogen-bond donors (Lipinski definition) is 1. The maximum Gasteiger partial charge on any atom is 0.254 e. The maximum absolute atomic E-state index is 12.9. The molecule has 1 aliphatic rings. The van der Waals surface area contributed by atoms with Crippen LogP contribution in [0.5, 0.6) is 0 Å². The van der Waals surface area contributed by atoms with E-state index in [0.717, 1.165) is 36.1 Å². The van der Waals surface area contributed by atoms with Crippen LogP contribution in [0.3, 0.4) is 0 Å². The molecule has 1 fully saturated rings. The van der Waals surface area contributed by atoms with Gasteiger partial charge in [0.25, 0.3) is 5.91 Å². The molecule has 1 aromatic rings. The fourth-order valence-electron chi connectivity index (χ4n) is 3.09. The lowest BCUT2D eigenvalue weighted by atomic mass is 10.0. The van der Waals surface area contributed by atoms with Gasteiger partial charge in [-0.25, -0.2) is 0 Å². The van der Waals surface area contributed by atoms with Crippen LogP contribution in [-0.2, 0) is 0 Å². The highest BCUT2D eigenvalue weighted by molar-refractivity contribution is 5.96. The van der Waals surface area contributed by atoms with Crippen LogP contribution in [0.4, 0.5) is 0 Å². The number of rotatable bonds is 3. The Kier molecular flexibility index (Phi) is 5.41. The van der Waals surface area contributed by atoms with Gasteiger partial charge >= 0.3 is 0 Å². The van der Waals surface area contributed by atoms with Gasteiger partial charge in [0.15, 0.2) is 0 Å². The first-order chi connectivity index (χ1) is 10.2. The number of carbonyl (C=O) groups is 1. The average Bonchev–Trinajstić information content (AvgIpc) is 3.01. The lowest BCUT2D eigenvalue weighted by Crippen LogP contribution is -2.39. The molecule has 0 atom stereocenters. The molecule has 1 saturated carbocycles. The summed E-state index contributed by atoms with van der Waals surface area (Å²) in [4.78, 5) is 14.9. The van der Waals surface area contributed by atoms with E-state index in [0.29, 0.717) is 12.6 Å². The third kappa shape index (κ3) is 3.46. The van der Waals surface area contributed by atoms with Crippen molar-refractivity contribution in [3.8, 4) is 11.8 Å². The molecule has 2 rings (SSSR count). The molecule has 1 amide bonds. The molecular weight excluding hydrogens is 260 g/mol. The molecule has 0 aliphatic heterocycles. The van der Waals surface area contributed by atoms with Crippen molar-refractivity contribution in [2.75, 3.05) is 13.1 Å². The summed E-state index contributed by atoms with van der Waals surface area (Å²) >= 11 is 0. The van der Waals surface area contributed by atoms with E-state index in [1.165, 1.54) is 12.8 Å². The van der Waals surface area contributed by atoms with Gasteiger partial charge < -0.3 is 10.6 Å². The van der Waals surface area contributed by atoms with Crippen LogP contribution < -0.4 is 5.73 Å². The van der Waals surface area contributed by atoms with Crippen molar-refractivity contribution in [2.24, 2.45) is 5.73 Å². The molecule has 1 aliphatic carbocycles. The number of amides is 1. The van der Waals surface area contributed by atoms with Crippen molar-refractivity contribution in [3.05, 3.63) is 34.9 Å². The van der Waals surface area contributed by atoms with Crippen molar-refractivity contribution in [3.63, 3.8) is 0 Å². The van der Waals surface area contributed by atoms with Crippen LogP contribution in [0.2, 0.25) is 0 Å². The van der Waals surface area contributed by atoms with Crippen LogP contribution in [0, 0.1) is 18.8 Å². The monoisotopic (exact) mass is 284 g/mol. The van der Waals surface area contributed by atoms with Crippen LogP contribution in [0.25, 0.3) is 0 Å². The first-order valence-electron chi connectivity index (χ1n) is 7.78. The average molecular weight is 284 g/mol. The zero-order valence-corrected chi connectivity index (χ0v) is 13.0. The number of benzene rings is 1. The van der Waals surface area contributed by atoms with Gasteiger partial charge in [0.2, 0.25) is 0 Å². The number of nitrogens with zero attached hydrogens (tertiary/aromatic N) is 1. The SMILES string of the molecule is CCN(C(=O)c1cccc(C#CCN)c1C)C1CCCC1. The van der Waals surface area contributed by atoms with Gasteiger partial charge in [0.1, 0.15) is 0 Å². The number of hydrogen-bond acceptors (Lipinski definition) is 2. The molecule has 0 spiro atoms. The minimum atomic E-state index is 0.137. The largest absolute Gasteiger partial charge is 0.336 e. The normalized spacial score (nSPS) is 14.6. The van der Waals surface area contributed by atoms with Crippen LogP contribution in [0.1, 0.15) is 54.1 Å². The second-order valence-corrected chi connectivity index (χ2v) is 5.51. The molecule has 1 aromatic carbocycles. The van der Waals surface area contributed by atoms with E-state index in [1.54, 1.807) is 0 Å². The van der Waals surface area contributed by atoms with E-state index < -0.39 is 0 Å². The van der Waals surface area contributed by atoms with Gasteiger partial charge in [-0.15, -0.1) is 0 Å². The van der Waals surface area contributed by atoms with Gasteiger partial charge in [-0.2, -0.15) is 0 Å². The Morgan fingerprint density at radius 1 is 1.38 bits per heavy atom. The van der Waals surface area contributed by atoms with Gasteiger partial charge in [0, 0.05) is 23.7 Å². The standard InChI is InChI=1S/C18H24N2O/c1-3-20(16-10-4-5-11-16)18(21)17-12-6-8-15(14(17)2)9-7-13-19/h6,8,12,16H,3-5,10-11,13,19H2,1-2H3. The van der Waals surface area contributed by atoms with Gasteiger partial charge in [0.05, 0.1) is 6.54 Å². The van der Waals surface area contributed by atoms with E-state index in [4.69, 9.17) is 5.73 Å². The summed E-state index contributed by atoms with van der Waals surface area (Å²) in [6, 6.07) is 6.16. The highest BCUT2D eigenvalue weighted by atomic mass is 16.2. The molecule has 0 saturated heterocycles. The second-order valence-electron chi connectivity index (χ2n) is 5.51. The van der Waals surface area contributed by atoms with Crippen LogP contribution in [-0.4, -0.2) is 29.9 Å². The molecule has 3 nitrogen and oxygen atoms in total. The van der Waals surface area contributed by atoms with E-state index >= 15 is 0 Å². The van der Waals surface area contributed by atoms with Gasteiger partial charge in [-0.3, -0.25) is 4.79 Å². The third-order valence-electron chi connectivity index (χ3n) is 4.26. The molecular formula is C18H24N2O. The molecule has 0 heterocycles. The Morgan fingerprint density at radius 2 is 2.10 bits per heavy atom. The minimum Gasteiger partial charge on any atom is -0.336 e. The molecule has 0 aromatic heterocycles. The van der Waals surface area contributed by atoms with E-state index in [9.17, 15) is 4.79 Å². The molecule has 0 bridgehead atoms. The van der Waals surface area contributed by atoms with Crippen molar-refractivity contribution < 1.29 is 4.79 Å². The summed E-state index contributed by atoms with van der Waals surface area (Å²) in [5, 5.41) is 0. The highest BCUT2D eigenvalue weighted by Crippen LogP contribution is 2.25. The molecule has 3 heteroatoms. The van der Waals surface area contributed by atoms with E-state index in [-0.39, 0.29) is 5.91 Å². The maximum atomic E-state index is 12.9. The molecule has 112 valence electrons. The molecule has 0 radical (unpaired) electrons. The first-order valence-corrected chi connectivity index (χ1v) is 7.78. The van der Waals surface area contributed by atoms with Crippen LogP contribution >= 0.6 is 0 Å². The topological polar surface area (TPSA) is 46.3 Å². The Bertz CT molecular complexity index is 562. The Balaban J connectivity index is 2.29. The summed E-state index contributed by atoms with van der Waals surface area (Å²) in [6.45, 7) is 5.13. The molecule has 0 unspecified atom stereocenters. The van der Waals surface area contributed by atoms with Gasteiger partial charge in [-0.05, 0) is 44.4 Å². The quantitative estimate of drug-likeness (QED) is 0.868. The third-order valence-corrected chi connectivity index (χ3v) is 4.26. The zero-order valence-electron chi connectivity index (χ0n) is 13.0. The minimum absolute atomic E-state index is 0.137. The Morgan fingerprint density at radius 3 is 2.71 bits per heavy atom. The fraction of sp³-hybridized carbons (Fsp3) is 0.500. The lowest BCUT2D eigenvalue weighted by Gasteiger charge is -2.28. The van der Waals surface area contributed by atoms with Gasteiger partial charge in [-0.1, -0.05) is 30.7 Å². The van der Waals surface area contributed by atoms with E-state index in [1.807, 2.05) is 30.0 Å². The summed E-state index contributed by atoms with van der Waals surface area (Å²) in [6.07, 6.45) is 4.72. The van der Waals surface area contributed by atoms with E-state index in [2.05, 4.69) is 18.8 Å². The fourth-order valence-corrected chi connectivity index (χ4v) is 3.09. The predicted octanol–water partition coefficient (Wildman–Crippen LogP) is 2.71. The zero-order chi connectivity index (χ0) is 15.2. The highest BCUT2D eigenvalue weighted by Gasteiger charge is 2.27. The first kappa shape index (κ1) is 15.6. The lowest BCUT2D eigenvalue weighted by molar-refractivity contribution is 0.0693. The summed E-state index contributed by atoms with van der Waals surface area (Å²) < 4.78 is 0. The van der Waals surface area contributed by atoms with Crippen LogP contribution in [0.15, 0.2) is 18.2 Å². The summed E-state index contributed by atoms with van der Waals surface area (Å²) in [5.74, 6) is 6.05. The second kappa shape index (κ2) is 7.28. The summed E-state index contributed by atoms with van der Waals surface area (Å²) in [5.41, 5.74) is 8.05. The van der Waals surface area contributed by atoms with Crippen molar-refractivity contribution >= 4 is 5.91 Å². The van der Waals surface area contributed by atoms with Crippen molar-refractivity contribution in [1.82, 2.24) is 4.90 Å². The Hall–Kier alpha value is -1.79. The molecule has 21 heavy (non-hydrogen) atoms. The Labute approximate surface area is 127 Å². The van der Waals surface area contributed by atoms with Crippen molar-refractivity contribution in [2.45, 2.75) is 45.6 Å². The smallest absolute Gasteiger partial charge is 0.254 e. The molecule has 2 N–H and O–H groups in total. The number of carbonyl (C=O) groups excluding carboxylic acids is 1. The summed E-state index contributed by atoms with van der Waals surface area (Å²) in [7, 11) is 0. The number of nitrogens with two attached hydrogens (primary N) is 1. The predicted molar refractivity (Wildman–Crippen MR) is 86.1 cm³/mol. The van der Waals surface area contributed by atoms with Crippen molar-refractivity contribution in [1.29, 1.82) is 0 Å².